The van der Waals surface area contributed by atoms with Crippen LogP contribution < -0.4 is 5.32 Å². The van der Waals surface area contributed by atoms with Crippen molar-refractivity contribution in [3.05, 3.63) is 10.4 Å². The number of hydrogen-bond acceptors (Lipinski definition) is 2. The predicted octanol–water partition coefficient (Wildman–Crippen LogP) is 1.29. The van der Waals surface area contributed by atoms with Crippen LogP contribution in [0.5, 0.6) is 0 Å². The number of nitrogens with zero attached hydrogens (tertiary/aromatic N) is 3. The topological polar surface area (TPSA) is 60.8 Å². The van der Waals surface area contributed by atoms with E-state index in [1.54, 1.807) is 0 Å². The van der Waals surface area contributed by atoms with Gasteiger partial charge in [0.25, 0.3) is 0 Å². The monoisotopic (exact) mass is 140 g/mol. The standard InChI is InChI=1S/C6H12N4/c1-5-2-6(8-3-5)4-9-10-7/h5-6,8H,2-4H2,1H3/t5-,6+/m0/s1. The average molecular weight is 140 g/mol. The van der Waals surface area contributed by atoms with Gasteiger partial charge in [0.1, 0.15) is 0 Å². The van der Waals surface area contributed by atoms with Crippen LogP contribution in [-0.2, 0) is 0 Å². The first kappa shape index (κ1) is 7.38. The van der Waals surface area contributed by atoms with Gasteiger partial charge in [0.2, 0.25) is 0 Å². The van der Waals surface area contributed by atoms with Crippen LogP contribution in [-0.4, -0.2) is 19.1 Å². The Morgan fingerprint density at radius 3 is 3.10 bits per heavy atom. The van der Waals surface area contributed by atoms with E-state index >= 15 is 0 Å². The Morgan fingerprint density at radius 2 is 2.60 bits per heavy atom. The first-order valence-electron chi connectivity index (χ1n) is 3.57. The summed E-state index contributed by atoms with van der Waals surface area (Å²) in [6, 6.07) is 0.422. The van der Waals surface area contributed by atoms with Crippen LogP contribution in [0.15, 0.2) is 5.11 Å². The fourth-order valence-corrected chi connectivity index (χ4v) is 1.29. The van der Waals surface area contributed by atoms with Gasteiger partial charge in [-0.25, -0.2) is 0 Å². The summed E-state index contributed by atoms with van der Waals surface area (Å²) in [5, 5.41) is 6.78. The van der Waals surface area contributed by atoms with Gasteiger partial charge in [-0.05, 0) is 24.4 Å². The Labute approximate surface area is 60.2 Å². The smallest absolute Gasteiger partial charge is 0.0412 e. The second kappa shape index (κ2) is 3.44. The Hall–Kier alpha value is -0.730. The first-order chi connectivity index (χ1) is 4.83. The molecule has 56 valence electrons. The molecule has 1 N–H and O–H groups in total. The van der Waals surface area contributed by atoms with E-state index in [0.29, 0.717) is 12.6 Å². The van der Waals surface area contributed by atoms with Gasteiger partial charge in [0.05, 0.1) is 0 Å². The fourth-order valence-electron chi connectivity index (χ4n) is 1.29. The van der Waals surface area contributed by atoms with Crippen molar-refractivity contribution < 1.29 is 0 Å². The summed E-state index contributed by atoms with van der Waals surface area (Å²) in [4.78, 5) is 2.71. The van der Waals surface area contributed by atoms with Crippen molar-refractivity contribution in [1.29, 1.82) is 0 Å². The van der Waals surface area contributed by atoms with E-state index in [4.69, 9.17) is 5.53 Å². The minimum Gasteiger partial charge on any atom is -0.314 e. The van der Waals surface area contributed by atoms with Crippen LogP contribution in [0.4, 0.5) is 0 Å². The van der Waals surface area contributed by atoms with Gasteiger partial charge >= 0.3 is 0 Å². The first-order valence-corrected chi connectivity index (χ1v) is 3.57. The summed E-state index contributed by atoms with van der Waals surface area (Å²) in [7, 11) is 0. The number of rotatable bonds is 2. The molecule has 0 unspecified atom stereocenters. The second-order valence-electron chi connectivity index (χ2n) is 2.86. The third kappa shape index (κ3) is 1.90. The van der Waals surface area contributed by atoms with Crippen LogP contribution in [0, 0.1) is 5.92 Å². The Balaban J connectivity index is 2.24. The van der Waals surface area contributed by atoms with Gasteiger partial charge in [-0.2, -0.15) is 0 Å². The van der Waals surface area contributed by atoms with E-state index in [0.717, 1.165) is 18.9 Å². The lowest BCUT2D eigenvalue weighted by atomic mass is 10.1. The zero-order valence-electron chi connectivity index (χ0n) is 6.12. The van der Waals surface area contributed by atoms with Crippen molar-refractivity contribution in [1.82, 2.24) is 5.32 Å². The van der Waals surface area contributed by atoms with Gasteiger partial charge in [0, 0.05) is 17.5 Å². The third-order valence-electron chi connectivity index (χ3n) is 1.81. The number of azide groups is 1. The summed E-state index contributed by atoms with van der Waals surface area (Å²) in [5.74, 6) is 0.735. The lowest BCUT2D eigenvalue weighted by Crippen LogP contribution is -2.23. The lowest BCUT2D eigenvalue weighted by Gasteiger charge is -2.02. The molecule has 4 heteroatoms. The Kier molecular flexibility index (Phi) is 2.54. The highest BCUT2D eigenvalue weighted by Crippen LogP contribution is 2.12. The SMILES string of the molecule is C[C@@H]1CN[C@@H](CN=[N+]=[N-])C1. The van der Waals surface area contributed by atoms with Crippen molar-refractivity contribution >= 4 is 0 Å². The zero-order valence-corrected chi connectivity index (χ0v) is 6.12. The highest BCUT2D eigenvalue weighted by molar-refractivity contribution is 4.80. The van der Waals surface area contributed by atoms with E-state index < -0.39 is 0 Å². The molecule has 1 saturated heterocycles. The quantitative estimate of drug-likeness (QED) is 0.350. The Morgan fingerprint density at radius 1 is 1.80 bits per heavy atom. The second-order valence-corrected chi connectivity index (χ2v) is 2.86. The molecule has 0 radical (unpaired) electrons. The molecule has 0 aromatic heterocycles. The number of hydrogen-bond donors (Lipinski definition) is 1. The van der Waals surface area contributed by atoms with Gasteiger partial charge in [-0.3, -0.25) is 0 Å². The molecule has 0 aliphatic carbocycles. The van der Waals surface area contributed by atoms with E-state index in [1.165, 1.54) is 0 Å². The van der Waals surface area contributed by atoms with Crippen molar-refractivity contribution in [2.24, 2.45) is 11.0 Å². The molecule has 1 aliphatic heterocycles. The van der Waals surface area contributed by atoms with Crippen LogP contribution in [0.25, 0.3) is 10.4 Å². The molecule has 0 aromatic rings. The summed E-state index contributed by atoms with van der Waals surface area (Å²) >= 11 is 0. The van der Waals surface area contributed by atoms with Crippen LogP contribution in [0.1, 0.15) is 13.3 Å². The van der Waals surface area contributed by atoms with Crippen LogP contribution in [0.3, 0.4) is 0 Å². The molecule has 10 heavy (non-hydrogen) atoms. The fraction of sp³-hybridized carbons (Fsp3) is 1.00. The molecule has 0 aromatic carbocycles. The number of nitrogens with one attached hydrogen (secondary N) is 1. The van der Waals surface area contributed by atoms with Crippen molar-refractivity contribution in [2.75, 3.05) is 13.1 Å². The molecule has 4 nitrogen and oxygen atoms in total. The van der Waals surface area contributed by atoms with E-state index in [-0.39, 0.29) is 0 Å². The molecular formula is C6H12N4. The molecule has 0 amide bonds. The van der Waals surface area contributed by atoms with Crippen LogP contribution >= 0.6 is 0 Å². The largest absolute Gasteiger partial charge is 0.314 e. The van der Waals surface area contributed by atoms with E-state index in [9.17, 15) is 0 Å². The summed E-state index contributed by atoms with van der Waals surface area (Å²) in [5.41, 5.74) is 8.02. The van der Waals surface area contributed by atoms with E-state index in [2.05, 4.69) is 22.3 Å². The lowest BCUT2D eigenvalue weighted by molar-refractivity contribution is 0.591. The van der Waals surface area contributed by atoms with Gasteiger partial charge < -0.3 is 5.32 Å². The summed E-state index contributed by atoms with van der Waals surface area (Å²) < 4.78 is 0. The molecule has 0 saturated carbocycles. The minimum atomic E-state index is 0.422. The van der Waals surface area contributed by atoms with Gasteiger partial charge in [-0.15, -0.1) is 0 Å². The van der Waals surface area contributed by atoms with Crippen molar-refractivity contribution in [3.8, 4) is 0 Å². The average Bonchev–Trinajstić information content (AvgIpc) is 2.31. The zero-order chi connectivity index (χ0) is 7.40. The van der Waals surface area contributed by atoms with Crippen LogP contribution in [0.2, 0.25) is 0 Å². The maximum absolute atomic E-state index is 8.02. The predicted molar refractivity (Wildman–Crippen MR) is 39.6 cm³/mol. The summed E-state index contributed by atoms with van der Waals surface area (Å²) in [6.07, 6.45) is 1.14. The minimum absolute atomic E-state index is 0.422. The maximum Gasteiger partial charge on any atom is 0.0412 e. The normalized spacial score (nSPS) is 31.7. The summed E-state index contributed by atoms with van der Waals surface area (Å²) in [6.45, 7) is 3.86. The maximum atomic E-state index is 8.02. The third-order valence-corrected chi connectivity index (χ3v) is 1.81. The van der Waals surface area contributed by atoms with Gasteiger partial charge in [0.15, 0.2) is 0 Å². The molecule has 1 aliphatic rings. The van der Waals surface area contributed by atoms with Gasteiger partial charge in [-0.1, -0.05) is 12.0 Å². The molecule has 1 rings (SSSR count). The molecule has 2 atom stereocenters. The molecule has 1 fully saturated rings. The van der Waals surface area contributed by atoms with Crippen molar-refractivity contribution in [3.63, 3.8) is 0 Å². The molecule has 1 heterocycles. The molecule has 0 bridgehead atoms. The van der Waals surface area contributed by atoms with Crippen molar-refractivity contribution in [2.45, 2.75) is 19.4 Å². The highest BCUT2D eigenvalue weighted by atomic mass is 15.1. The highest BCUT2D eigenvalue weighted by Gasteiger charge is 2.18. The molecular weight excluding hydrogens is 128 g/mol. The molecule has 0 spiro atoms. The Bertz CT molecular complexity index is 150. The van der Waals surface area contributed by atoms with E-state index in [1.807, 2.05) is 0 Å².